The molecule has 2 fully saturated rings. The number of carbonyl (C=O) groups excluding carboxylic acids is 3. The molecule has 4 unspecified atom stereocenters. The maximum absolute atomic E-state index is 13.5. The zero-order valence-corrected chi connectivity index (χ0v) is 18.3. The van der Waals surface area contributed by atoms with E-state index >= 15 is 0 Å². The molecule has 0 bridgehead atoms. The highest BCUT2D eigenvalue weighted by atomic mass is 32.1. The van der Waals surface area contributed by atoms with Gasteiger partial charge >= 0.3 is 0 Å². The normalized spacial score (nSPS) is 23.6. The summed E-state index contributed by atoms with van der Waals surface area (Å²) in [5, 5.41) is 7.05. The quantitative estimate of drug-likeness (QED) is 0.567. The molecule has 2 saturated heterocycles. The SMILES string of the molecule is O=C(NC(Cc1ccccc1)C(=O)C1OC2CCCNC2C1=O)c1cc2ccccc2s1. The maximum Gasteiger partial charge on any atom is 0.261 e. The van der Waals surface area contributed by atoms with Crippen molar-refractivity contribution in [3.63, 3.8) is 0 Å². The highest BCUT2D eigenvalue weighted by molar-refractivity contribution is 7.20. The minimum Gasteiger partial charge on any atom is -0.357 e. The van der Waals surface area contributed by atoms with Crippen molar-refractivity contribution in [2.24, 2.45) is 0 Å². The highest BCUT2D eigenvalue weighted by Gasteiger charge is 2.49. The van der Waals surface area contributed by atoms with Crippen LogP contribution in [0.25, 0.3) is 10.1 Å². The van der Waals surface area contributed by atoms with Crippen molar-refractivity contribution in [3.05, 3.63) is 71.1 Å². The molecular weight excluding hydrogens is 424 g/mol. The van der Waals surface area contributed by atoms with Crippen LogP contribution in [0, 0.1) is 0 Å². The van der Waals surface area contributed by atoms with Crippen molar-refractivity contribution in [2.75, 3.05) is 6.54 Å². The van der Waals surface area contributed by atoms with E-state index in [2.05, 4.69) is 10.6 Å². The summed E-state index contributed by atoms with van der Waals surface area (Å²) in [7, 11) is 0. The Morgan fingerprint density at radius 3 is 2.69 bits per heavy atom. The molecule has 3 aromatic rings. The largest absolute Gasteiger partial charge is 0.357 e. The number of piperidine rings is 1. The van der Waals surface area contributed by atoms with E-state index in [0.717, 1.165) is 35.0 Å². The molecule has 4 atom stereocenters. The summed E-state index contributed by atoms with van der Waals surface area (Å²) in [4.78, 5) is 40.0. The number of ether oxygens (including phenoxy) is 1. The number of amides is 1. The van der Waals surface area contributed by atoms with Gasteiger partial charge in [0.2, 0.25) is 0 Å². The number of thiophene rings is 1. The van der Waals surface area contributed by atoms with Gasteiger partial charge in [0.1, 0.15) is 0 Å². The molecule has 5 rings (SSSR count). The fraction of sp³-hybridized carbons (Fsp3) is 0.320. The Labute approximate surface area is 190 Å². The number of carbonyl (C=O) groups is 3. The van der Waals surface area contributed by atoms with E-state index in [1.807, 2.05) is 60.7 Å². The lowest BCUT2D eigenvalue weighted by atomic mass is 9.94. The van der Waals surface area contributed by atoms with Crippen LogP contribution >= 0.6 is 11.3 Å². The van der Waals surface area contributed by atoms with Gasteiger partial charge in [0.25, 0.3) is 5.91 Å². The minimum absolute atomic E-state index is 0.228. The third-order valence-electron chi connectivity index (χ3n) is 6.12. The van der Waals surface area contributed by atoms with Crippen molar-refractivity contribution in [2.45, 2.75) is 43.6 Å². The third kappa shape index (κ3) is 4.11. The first kappa shape index (κ1) is 21.0. The van der Waals surface area contributed by atoms with Crippen LogP contribution in [0.3, 0.4) is 0 Å². The Morgan fingerprint density at radius 1 is 1.12 bits per heavy atom. The first-order chi connectivity index (χ1) is 15.6. The minimum atomic E-state index is -1.15. The van der Waals surface area contributed by atoms with E-state index in [4.69, 9.17) is 4.74 Å². The van der Waals surface area contributed by atoms with Gasteiger partial charge in [-0.15, -0.1) is 11.3 Å². The number of hydrogen-bond acceptors (Lipinski definition) is 6. The molecule has 0 radical (unpaired) electrons. The van der Waals surface area contributed by atoms with Crippen molar-refractivity contribution < 1.29 is 19.1 Å². The molecule has 6 nitrogen and oxygen atoms in total. The third-order valence-corrected chi connectivity index (χ3v) is 7.23. The lowest BCUT2D eigenvalue weighted by Crippen LogP contribution is -2.50. The molecule has 164 valence electrons. The van der Waals surface area contributed by atoms with E-state index in [9.17, 15) is 14.4 Å². The molecule has 1 amide bonds. The van der Waals surface area contributed by atoms with Crippen LogP contribution in [0.1, 0.15) is 28.1 Å². The zero-order valence-electron chi connectivity index (χ0n) is 17.5. The van der Waals surface area contributed by atoms with Crippen LogP contribution in [-0.4, -0.2) is 48.3 Å². The Balaban J connectivity index is 1.39. The number of hydrogen-bond donors (Lipinski definition) is 2. The molecule has 2 aliphatic heterocycles. The second-order valence-corrected chi connectivity index (χ2v) is 9.38. The molecule has 1 aromatic heterocycles. The average molecular weight is 449 g/mol. The summed E-state index contributed by atoms with van der Waals surface area (Å²) in [6.45, 7) is 0.743. The van der Waals surface area contributed by atoms with Gasteiger partial charge in [0.05, 0.1) is 23.1 Å². The first-order valence-electron chi connectivity index (χ1n) is 10.9. The summed E-state index contributed by atoms with van der Waals surface area (Å²) >= 11 is 1.38. The predicted octanol–water partition coefficient (Wildman–Crippen LogP) is 2.90. The molecule has 2 N–H and O–H groups in total. The average Bonchev–Trinajstić information content (AvgIpc) is 3.40. The molecule has 0 aliphatic carbocycles. The van der Waals surface area contributed by atoms with Crippen molar-refractivity contribution >= 4 is 38.9 Å². The first-order valence-corrected chi connectivity index (χ1v) is 11.7. The van der Waals surface area contributed by atoms with Gasteiger partial charge in [-0.2, -0.15) is 0 Å². The number of benzene rings is 2. The van der Waals surface area contributed by atoms with E-state index < -0.39 is 18.2 Å². The molecular formula is C25H24N2O4S. The van der Waals surface area contributed by atoms with E-state index in [1.165, 1.54) is 11.3 Å². The van der Waals surface area contributed by atoms with E-state index in [1.54, 1.807) is 0 Å². The number of ketones is 2. The van der Waals surface area contributed by atoms with Gasteiger partial charge in [0, 0.05) is 4.70 Å². The number of nitrogens with one attached hydrogen (secondary N) is 2. The highest BCUT2D eigenvalue weighted by Crippen LogP contribution is 2.27. The topological polar surface area (TPSA) is 84.5 Å². The monoisotopic (exact) mass is 448 g/mol. The van der Waals surface area contributed by atoms with Crippen LogP contribution in [0.15, 0.2) is 60.7 Å². The summed E-state index contributed by atoms with van der Waals surface area (Å²) in [5.74, 6) is -0.931. The van der Waals surface area contributed by atoms with Crippen LogP contribution in [0.5, 0.6) is 0 Å². The molecule has 0 saturated carbocycles. The van der Waals surface area contributed by atoms with Crippen molar-refractivity contribution in [1.82, 2.24) is 10.6 Å². The molecule has 0 spiro atoms. The van der Waals surface area contributed by atoms with Gasteiger partial charge in [-0.05, 0) is 48.9 Å². The Kier molecular flexibility index (Phi) is 5.87. The molecule has 2 aromatic carbocycles. The lowest BCUT2D eigenvalue weighted by molar-refractivity contribution is -0.138. The smallest absolute Gasteiger partial charge is 0.261 e. The van der Waals surface area contributed by atoms with Gasteiger partial charge in [0.15, 0.2) is 17.7 Å². The fourth-order valence-electron chi connectivity index (χ4n) is 4.48. The van der Waals surface area contributed by atoms with E-state index in [-0.39, 0.29) is 23.6 Å². The van der Waals surface area contributed by atoms with Gasteiger partial charge < -0.3 is 15.4 Å². The number of fused-ring (bicyclic) bond motifs is 2. The van der Waals surface area contributed by atoms with Gasteiger partial charge in [-0.1, -0.05) is 48.5 Å². The summed E-state index contributed by atoms with van der Waals surface area (Å²) in [5.41, 5.74) is 0.906. The molecule has 2 aliphatic rings. The van der Waals surface area contributed by atoms with Crippen LogP contribution < -0.4 is 10.6 Å². The standard InChI is InChI=1S/C25H24N2O4S/c28-22(24-23(29)21-18(31-24)10-6-12-26-21)17(13-15-7-2-1-3-8-15)27-25(30)20-14-16-9-4-5-11-19(16)32-20/h1-5,7-9,11,14,17-18,21,24,26H,6,10,12-13H2,(H,27,30). The number of Topliss-reactive ketones (excluding diaryl/α,β-unsaturated/α-hetero) is 2. The Morgan fingerprint density at radius 2 is 1.91 bits per heavy atom. The fourth-order valence-corrected chi connectivity index (χ4v) is 5.45. The van der Waals surface area contributed by atoms with Crippen LogP contribution in [0.2, 0.25) is 0 Å². The second kappa shape index (κ2) is 8.94. The summed E-state index contributed by atoms with van der Waals surface area (Å²) in [6, 6.07) is 17.8. The lowest BCUT2D eigenvalue weighted by Gasteiger charge is -2.23. The van der Waals surface area contributed by atoms with Crippen LogP contribution in [-0.2, 0) is 20.7 Å². The van der Waals surface area contributed by atoms with Crippen LogP contribution in [0.4, 0.5) is 0 Å². The Bertz CT molecular complexity index is 1130. The number of rotatable bonds is 6. The predicted molar refractivity (Wildman–Crippen MR) is 123 cm³/mol. The maximum atomic E-state index is 13.5. The van der Waals surface area contributed by atoms with Gasteiger partial charge in [-0.25, -0.2) is 0 Å². The zero-order chi connectivity index (χ0) is 22.1. The van der Waals surface area contributed by atoms with E-state index in [0.29, 0.717) is 11.3 Å². The van der Waals surface area contributed by atoms with Crippen molar-refractivity contribution in [3.8, 4) is 0 Å². The second-order valence-electron chi connectivity index (χ2n) is 8.30. The summed E-state index contributed by atoms with van der Waals surface area (Å²) in [6.07, 6.45) is 0.537. The molecule has 3 heterocycles. The Hall–Kier alpha value is -2.87. The molecule has 7 heteroatoms. The summed E-state index contributed by atoms with van der Waals surface area (Å²) < 4.78 is 6.89. The van der Waals surface area contributed by atoms with Gasteiger partial charge in [-0.3, -0.25) is 14.4 Å². The molecule has 32 heavy (non-hydrogen) atoms. The van der Waals surface area contributed by atoms with Crippen molar-refractivity contribution in [1.29, 1.82) is 0 Å².